The largest absolute Gasteiger partial charge is 0.534 e. The second-order valence-electron chi connectivity index (χ2n) is 10.9. The molecule has 2 unspecified atom stereocenters. The SMILES string of the molecule is COC(=O)/C=C/c1ccc([C@@H]2C3C=CC(OS(=O)(=O)C(F)(F)F)=CC3C[C@@H](C)N2c2ccc(C3CC3)cc2C)cc1. The average Bonchev–Trinajstić information content (AvgIpc) is 3.76. The van der Waals surface area contributed by atoms with Crippen LogP contribution in [-0.2, 0) is 23.8 Å². The second kappa shape index (κ2) is 11.0. The van der Waals surface area contributed by atoms with Crippen molar-refractivity contribution in [3.63, 3.8) is 0 Å². The number of anilines is 1. The third-order valence-electron chi connectivity index (χ3n) is 8.04. The number of carbonyl (C=O) groups excluding carboxylic acids is 1. The van der Waals surface area contributed by atoms with Gasteiger partial charge in [0.2, 0.25) is 0 Å². The molecule has 0 N–H and O–H groups in total. The molecule has 0 bridgehead atoms. The number of nitrogens with zero attached hydrogens (tertiary/aromatic N) is 1. The molecule has 1 saturated carbocycles. The Balaban J connectivity index is 1.51. The Morgan fingerprint density at radius 2 is 1.76 bits per heavy atom. The molecule has 2 aromatic rings. The maximum absolute atomic E-state index is 13.0. The highest BCUT2D eigenvalue weighted by Gasteiger charge is 2.49. The van der Waals surface area contributed by atoms with Gasteiger partial charge >= 0.3 is 21.6 Å². The molecule has 0 radical (unpaired) electrons. The van der Waals surface area contributed by atoms with Crippen LogP contribution in [0.15, 0.2) is 72.5 Å². The number of hydrogen-bond donors (Lipinski definition) is 0. The summed E-state index contributed by atoms with van der Waals surface area (Å²) in [4.78, 5) is 13.9. The molecule has 10 heteroatoms. The summed E-state index contributed by atoms with van der Waals surface area (Å²) in [5.41, 5.74) is -0.149. The van der Waals surface area contributed by atoms with E-state index in [0.29, 0.717) is 12.3 Å². The summed E-state index contributed by atoms with van der Waals surface area (Å²) in [5.74, 6) is -0.578. The van der Waals surface area contributed by atoms with Crippen LogP contribution in [0.3, 0.4) is 0 Å². The fraction of sp³-hybridized carbons (Fsp3) is 0.387. The van der Waals surface area contributed by atoms with E-state index >= 15 is 0 Å². The van der Waals surface area contributed by atoms with E-state index in [4.69, 9.17) is 0 Å². The molecule has 1 heterocycles. The molecule has 4 atom stereocenters. The van der Waals surface area contributed by atoms with Crippen molar-refractivity contribution in [2.24, 2.45) is 11.8 Å². The number of methoxy groups -OCH3 is 1. The molecule has 0 amide bonds. The Labute approximate surface area is 238 Å². The molecule has 2 aromatic carbocycles. The molecule has 5 rings (SSSR count). The maximum atomic E-state index is 13.0. The number of halogens is 3. The van der Waals surface area contributed by atoms with E-state index in [0.717, 1.165) is 22.4 Å². The molecule has 2 aliphatic carbocycles. The van der Waals surface area contributed by atoms with E-state index < -0.39 is 21.6 Å². The Hall–Kier alpha value is -3.53. The highest BCUT2D eigenvalue weighted by Crippen LogP contribution is 2.49. The second-order valence-corrected chi connectivity index (χ2v) is 12.5. The van der Waals surface area contributed by atoms with Crippen molar-refractivity contribution in [1.82, 2.24) is 0 Å². The lowest BCUT2D eigenvalue weighted by Gasteiger charge is -2.50. The number of hydrogen-bond acceptors (Lipinski definition) is 6. The van der Waals surface area contributed by atoms with Crippen LogP contribution in [0.5, 0.6) is 0 Å². The maximum Gasteiger partial charge on any atom is 0.534 e. The summed E-state index contributed by atoms with van der Waals surface area (Å²) in [5, 5.41) is 0. The number of benzene rings is 2. The van der Waals surface area contributed by atoms with E-state index in [2.05, 4.69) is 45.9 Å². The summed E-state index contributed by atoms with van der Waals surface area (Å²) < 4.78 is 71.4. The molecule has 0 aromatic heterocycles. The fourth-order valence-electron chi connectivity index (χ4n) is 5.93. The van der Waals surface area contributed by atoms with Crippen LogP contribution in [0.4, 0.5) is 18.9 Å². The van der Waals surface area contributed by atoms with Crippen molar-refractivity contribution in [3.05, 3.63) is 94.8 Å². The average molecular weight is 588 g/mol. The standard InChI is InChI=1S/C31H32F3NO5S/c1-19-16-24(22-9-10-22)11-14-28(19)35-20(2)17-25-18-26(40-41(37,38)31(32,33)34)12-13-27(25)30(35)23-7-4-21(5-8-23)6-15-29(36)39-3/h4-8,11-16,18,20,22,25,27,30H,9-10,17H2,1-3H3/b15-6+/t20-,25?,27?,30-/m1/s1. The minimum atomic E-state index is -5.77. The van der Waals surface area contributed by atoms with E-state index in [9.17, 15) is 26.4 Å². The van der Waals surface area contributed by atoms with Crippen molar-refractivity contribution in [3.8, 4) is 0 Å². The van der Waals surface area contributed by atoms with E-state index in [1.807, 2.05) is 24.3 Å². The molecule has 41 heavy (non-hydrogen) atoms. The molecule has 3 aliphatic rings. The van der Waals surface area contributed by atoms with Crippen LogP contribution in [0.2, 0.25) is 0 Å². The lowest BCUT2D eigenvalue weighted by Crippen LogP contribution is -2.48. The smallest absolute Gasteiger partial charge is 0.466 e. The number of carbonyl (C=O) groups is 1. The molecular formula is C31H32F3NO5S. The number of rotatable bonds is 7. The van der Waals surface area contributed by atoms with Crippen LogP contribution < -0.4 is 4.90 Å². The van der Waals surface area contributed by atoms with Gasteiger partial charge in [0, 0.05) is 23.7 Å². The Bertz CT molecular complexity index is 1510. The van der Waals surface area contributed by atoms with Crippen molar-refractivity contribution < 1.29 is 35.3 Å². The van der Waals surface area contributed by atoms with E-state index in [1.165, 1.54) is 43.7 Å². The first kappa shape index (κ1) is 29.0. The number of aryl methyl sites for hydroxylation is 1. The number of ether oxygens (including phenoxy) is 1. The minimum Gasteiger partial charge on any atom is -0.466 e. The monoisotopic (exact) mass is 587 g/mol. The summed E-state index contributed by atoms with van der Waals surface area (Å²) in [6.07, 6.45) is 10.6. The summed E-state index contributed by atoms with van der Waals surface area (Å²) >= 11 is 0. The van der Waals surface area contributed by atoms with Gasteiger partial charge in [-0.3, -0.25) is 0 Å². The van der Waals surface area contributed by atoms with Gasteiger partial charge in [0.25, 0.3) is 0 Å². The first-order chi connectivity index (χ1) is 19.4. The van der Waals surface area contributed by atoms with Gasteiger partial charge in [-0.2, -0.15) is 21.6 Å². The molecular weight excluding hydrogens is 555 g/mol. The topological polar surface area (TPSA) is 72.9 Å². The summed E-state index contributed by atoms with van der Waals surface area (Å²) in [6.45, 7) is 4.17. The number of esters is 1. The summed E-state index contributed by atoms with van der Waals surface area (Å²) in [6, 6.07) is 14.1. The molecule has 218 valence electrons. The van der Waals surface area contributed by atoms with Crippen molar-refractivity contribution >= 4 is 27.9 Å². The Morgan fingerprint density at radius 1 is 1.07 bits per heavy atom. The molecule has 0 spiro atoms. The highest BCUT2D eigenvalue weighted by molar-refractivity contribution is 7.87. The van der Waals surface area contributed by atoms with Crippen LogP contribution >= 0.6 is 0 Å². The lowest BCUT2D eigenvalue weighted by molar-refractivity contribution is -0.134. The van der Waals surface area contributed by atoms with Crippen LogP contribution in [-0.4, -0.2) is 33.0 Å². The zero-order valence-corrected chi connectivity index (χ0v) is 23.8. The van der Waals surface area contributed by atoms with Crippen molar-refractivity contribution in [2.45, 2.75) is 56.6 Å². The molecule has 6 nitrogen and oxygen atoms in total. The minimum absolute atomic E-state index is 0.0196. The first-order valence-electron chi connectivity index (χ1n) is 13.5. The van der Waals surface area contributed by atoms with Crippen molar-refractivity contribution in [1.29, 1.82) is 0 Å². The quantitative estimate of drug-likeness (QED) is 0.151. The van der Waals surface area contributed by atoms with Crippen LogP contribution in [0.1, 0.15) is 60.4 Å². The number of fused-ring (bicyclic) bond motifs is 1. The highest BCUT2D eigenvalue weighted by atomic mass is 32.2. The van der Waals surface area contributed by atoms with E-state index in [-0.39, 0.29) is 29.7 Å². The van der Waals surface area contributed by atoms with Gasteiger partial charge < -0.3 is 13.8 Å². The van der Waals surface area contributed by atoms with Gasteiger partial charge in [0.1, 0.15) is 5.76 Å². The zero-order chi connectivity index (χ0) is 29.5. The Morgan fingerprint density at radius 3 is 2.37 bits per heavy atom. The first-order valence-corrected chi connectivity index (χ1v) is 14.9. The number of allylic oxidation sites excluding steroid dienone is 2. The van der Waals surface area contributed by atoms with Gasteiger partial charge in [0.15, 0.2) is 0 Å². The van der Waals surface area contributed by atoms with Crippen molar-refractivity contribution in [2.75, 3.05) is 12.0 Å². The fourth-order valence-corrected chi connectivity index (χ4v) is 6.39. The molecule has 1 saturated heterocycles. The van der Waals surface area contributed by atoms with Gasteiger partial charge in [0.05, 0.1) is 13.2 Å². The van der Waals surface area contributed by atoms with Crippen LogP contribution in [0, 0.1) is 18.8 Å². The third-order valence-corrected chi connectivity index (χ3v) is 9.01. The third kappa shape index (κ3) is 6.07. The number of piperidine rings is 1. The zero-order valence-electron chi connectivity index (χ0n) is 23.0. The van der Waals surface area contributed by atoms with Gasteiger partial charge in [-0.1, -0.05) is 42.5 Å². The lowest BCUT2D eigenvalue weighted by atomic mass is 9.72. The summed E-state index contributed by atoms with van der Waals surface area (Å²) in [7, 11) is -4.46. The van der Waals surface area contributed by atoms with Gasteiger partial charge in [-0.15, -0.1) is 0 Å². The molecule has 2 fully saturated rings. The molecule has 1 aliphatic heterocycles. The van der Waals surface area contributed by atoms with Crippen LogP contribution in [0.25, 0.3) is 6.08 Å². The predicted octanol–water partition coefficient (Wildman–Crippen LogP) is 6.95. The number of alkyl halides is 3. The van der Waals surface area contributed by atoms with Gasteiger partial charge in [-0.25, -0.2) is 4.79 Å². The normalized spacial score (nSPS) is 24.6. The predicted molar refractivity (Wildman–Crippen MR) is 150 cm³/mol. The van der Waals surface area contributed by atoms with Gasteiger partial charge in [-0.05, 0) is 91.5 Å². The Kier molecular flexibility index (Phi) is 7.80. The van der Waals surface area contributed by atoms with E-state index in [1.54, 1.807) is 12.2 Å².